The van der Waals surface area contributed by atoms with Crippen molar-refractivity contribution in [2.45, 2.75) is 6.18 Å². The Morgan fingerprint density at radius 3 is 2.47 bits per heavy atom. The molecule has 98 valence electrons. The maximum Gasteiger partial charge on any atom is 0.416 e. The third kappa shape index (κ3) is 2.22. The van der Waals surface area contributed by atoms with Crippen LogP contribution < -0.4 is 10.2 Å². The van der Waals surface area contributed by atoms with Gasteiger partial charge in [-0.2, -0.15) is 18.4 Å². The van der Waals surface area contributed by atoms with Crippen LogP contribution in [-0.2, 0) is 11.0 Å². The smallest absolute Gasteiger partial charge is 0.328 e. The zero-order valence-electron chi connectivity index (χ0n) is 9.28. The highest BCUT2D eigenvalue weighted by molar-refractivity contribution is 6.20. The average molecular weight is 269 g/mol. The van der Waals surface area contributed by atoms with Gasteiger partial charge in [-0.05, 0) is 18.2 Å². The fraction of sp³-hybridized carbons (Fsp3) is 0.182. The summed E-state index contributed by atoms with van der Waals surface area (Å²) in [4.78, 5) is 23.5. The Morgan fingerprint density at radius 2 is 2.00 bits per heavy atom. The summed E-state index contributed by atoms with van der Waals surface area (Å²) in [7, 11) is 0. The molecule has 0 unspecified atom stereocenters. The third-order valence-corrected chi connectivity index (χ3v) is 2.53. The fourth-order valence-corrected chi connectivity index (χ4v) is 1.66. The van der Waals surface area contributed by atoms with Crippen LogP contribution in [0.3, 0.4) is 0 Å². The number of carbonyl (C=O) groups excluding carboxylic acids is 2. The summed E-state index contributed by atoms with van der Waals surface area (Å²) in [5.41, 5.74) is -1.56. The van der Waals surface area contributed by atoms with Crippen LogP contribution >= 0.6 is 0 Å². The summed E-state index contributed by atoms with van der Waals surface area (Å²) < 4.78 is 37.5. The second-order valence-corrected chi connectivity index (χ2v) is 3.73. The highest BCUT2D eigenvalue weighted by Crippen LogP contribution is 2.33. The van der Waals surface area contributed by atoms with Crippen LogP contribution in [0.4, 0.5) is 23.7 Å². The SMILES string of the molecule is N#Cc1cc(C(F)(F)F)ccc1N1C(=O)CNC1=O. The van der Waals surface area contributed by atoms with E-state index in [9.17, 15) is 22.8 Å². The van der Waals surface area contributed by atoms with E-state index < -0.39 is 23.7 Å². The molecule has 1 fully saturated rings. The van der Waals surface area contributed by atoms with E-state index in [2.05, 4.69) is 5.32 Å². The minimum Gasteiger partial charge on any atom is -0.328 e. The molecule has 1 aliphatic heterocycles. The van der Waals surface area contributed by atoms with E-state index in [0.29, 0.717) is 11.0 Å². The average Bonchev–Trinajstić information content (AvgIpc) is 2.67. The number of carbonyl (C=O) groups is 2. The first kappa shape index (κ1) is 12.9. The second-order valence-electron chi connectivity index (χ2n) is 3.73. The molecular weight excluding hydrogens is 263 g/mol. The molecular formula is C11H6F3N3O2. The summed E-state index contributed by atoms with van der Waals surface area (Å²) in [6.07, 6.45) is -4.60. The van der Waals surface area contributed by atoms with Gasteiger partial charge in [-0.15, -0.1) is 0 Å². The quantitative estimate of drug-likeness (QED) is 0.787. The Morgan fingerprint density at radius 1 is 1.32 bits per heavy atom. The van der Waals surface area contributed by atoms with Crippen molar-refractivity contribution in [1.82, 2.24) is 5.32 Å². The lowest BCUT2D eigenvalue weighted by atomic mass is 10.1. The molecule has 2 rings (SSSR count). The van der Waals surface area contributed by atoms with E-state index in [1.54, 1.807) is 6.07 Å². The number of imide groups is 1. The van der Waals surface area contributed by atoms with Crippen LogP contribution in [0.1, 0.15) is 11.1 Å². The van der Waals surface area contributed by atoms with E-state index >= 15 is 0 Å². The van der Waals surface area contributed by atoms with E-state index in [1.165, 1.54) is 0 Å². The first-order chi connectivity index (χ1) is 8.84. The number of rotatable bonds is 1. The number of halogens is 3. The number of nitriles is 1. The Kier molecular flexibility index (Phi) is 2.90. The molecule has 8 heteroatoms. The van der Waals surface area contributed by atoms with Crippen LogP contribution in [0, 0.1) is 11.3 Å². The van der Waals surface area contributed by atoms with Crippen molar-refractivity contribution in [3.63, 3.8) is 0 Å². The topological polar surface area (TPSA) is 73.2 Å². The second kappa shape index (κ2) is 4.28. The number of nitrogens with one attached hydrogen (secondary N) is 1. The Labute approximate surface area is 105 Å². The molecule has 0 aromatic heterocycles. The number of anilines is 1. The summed E-state index contributed by atoms with van der Waals surface area (Å²) >= 11 is 0. The molecule has 5 nitrogen and oxygen atoms in total. The number of hydrogen-bond acceptors (Lipinski definition) is 3. The van der Waals surface area contributed by atoms with Crippen LogP contribution in [0.2, 0.25) is 0 Å². The number of nitrogens with zero attached hydrogens (tertiary/aromatic N) is 2. The molecule has 0 radical (unpaired) electrons. The fourth-order valence-electron chi connectivity index (χ4n) is 1.66. The van der Waals surface area contributed by atoms with Gasteiger partial charge in [0, 0.05) is 0 Å². The lowest BCUT2D eigenvalue weighted by molar-refractivity contribution is -0.137. The highest BCUT2D eigenvalue weighted by atomic mass is 19.4. The Hall–Kier alpha value is -2.56. The van der Waals surface area contributed by atoms with Gasteiger partial charge in [0.15, 0.2) is 0 Å². The van der Waals surface area contributed by atoms with E-state index in [4.69, 9.17) is 5.26 Å². The lowest BCUT2D eigenvalue weighted by Crippen LogP contribution is -2.31. The van der Waals surface area contributed by atoms with Crippen molar-refractivity contribution in [2.75, 3.05) is 11.4 Å². The molecule has 3 amide bonds. The molecule has 0 bridgehead atoms. The van der Waals surface area contributed by atoms with Crippen molar-refractivity contribution in [1.29, 1.82) is 5.26 Å². The molecule has 0 saturated carbocycles. The maximum absolute atomic E-state index is 12.5. The minimum absolute atomic E-state index is 0.157. The molecule has 1 N–H and O–H groups in total. The summed E-state index contributed by atoms with van der Waals surface area (Å²) in [5, 5.41) is 11.1. The van der Waals surface area contributed by atoms with E-state index in [-0.39, 0.29) is 17.8 Å². The zero-order chi connectivity index (χ0) is 14.2. The summed E-state index contributed by atoms with van der Waals surface area (Å²) in [6, 6.07) is 3.05. The summed E-state index contributed by atoms with van der Waals surface area (Å²) in [5.74, 6) is -0.624. The van der Waals surface area contributed by atoms with Crippen molar-refractivity contribution >= 4 is 17.6 Å². The first-order valence-electron chi connectivity index (χ1n) is 5.06. The third-order valence-electron chi connectivity index (χ3n) is 2.53. The number of urea groups is 1. The van der Waals surface area contributed by atoms with Crippen LogP contribution in [0.5, 0.6) is 0 Å². The number of alkyl halides is 3. The number of benzene rings is 1. The molecule has 1 aromatic rings. The van der Waals surface area contributed by atoms with Gasteiger partial charge >= 0.3 is 12.2 Å². The number of hydrogen-bond donors (Lipinski definition) is 1. The van der Waals surface area contributed by atoms with Gasteiger partial charge in [-0.25, -0.2) is 9.69 Å². The molecule has 1 aromatic carbocycles. The normalized spacial score (nSPS) is 15.4. The molecule has 0 aliphatic carbocycles. The van der Waals surface area contributed by atoms with Gasteiger partial charge < -0.3 is 5.32 Å². The molecule has 1 heterocycles. The van der Waals surface area contributed by atoms with Crippen LogP contribution in [0.15, 0.2) is 18.2 Å². The van der Waals surface area contributed by atoms with Gasteiger partial charge in [0.1, 0.15) is 6.07 Å². The predicted molar refractivity (Wildman–Crippen MR) is 57.0 cm³/mol. The van der Waals surface area contributed by atoms with Crippen molar-refractivity contribution in [3.05, 3.63) is 29.3 Å². The van der Waals surface area contributed by atoms with Gasteiger partial charge in [-0.3, -0.25) is 4.79 Å². The van der Waals surface area contributed by atoms with Gasteiger partial charge in [0.2, 0.25) is 0 Å². The standard InChI is InChI=1S/C11H6F3N3O2/c12-11(13,14)7-1-2-8(6(3-7)4-15)17-9(18)5-16-10(17)19/h1-3H,5H2,(H,16,19). The van der Waals surface area contributed by atoms with Crippen molar-refractivity contribution in [3.8, 4) is 6.07 Å². The highest BCUT2D eigenvalue weighted by Gasteiger charge is 2.35. The summed E-state index contributed by atoms with van der Waals surface area (Å²) in [6.45, 7) is -0.245. The Balaban J connectivity index is 2.51. The maximum atomic E-state index is 12.5. The molecule has 1 saturated heterocycles. The predicted octanol–water partition coefficient (Wildman–Crippen LogP) is 1.63. The Bertz CT molecular complexity index is 588. The van der Waals surface area contributed by atoms with Gasteiger partial charge in [0.05, 0.1) is 23.4 Å². The first-order valence-corrected chi connectivity index (χ1v) is 5.06. The zero-order valence-corrected chi connectivity index (χ0v) is 9.28. The van der Waals surface area contributed by atoms with E-state index in [1.807, 2.05) is 0 Å². The van der Waals surface area contributed by atoms with Gasteiger partial charge in [-0.1, -0.05) is 0 Å². The van der Waals surface area contributed by atoms with Crippen LogP contribution in [0.25, 0.3) is 0 Å². The molecule has 0 atom stereocenters. The van der Waals surface area contributed by atoms with Gasteiger partial charge in [0.25, 0.3) is 5.91 Å². The molecule has 0 spiro atoms. The van der Waals surface area contributed by atoms with Crippen molar-refractivity contribution in [2.24, 2.45) is 0 Å². The largest absolute Gasteiger partial charge is 0.416 e. The monoisotopic (exact) mass is 269 g/mol. The van der Waals surface area contributed by atoms with E-state index in [0.717, 1.165) is 12.1 Å². The minimum atomic E-state index is -4.60. The molecule has 19 heavy (non-hydrogen) atoms. The number of amides is 3. The lowest BCUT2D eigenvalue weighted by Gasteiger charge is -2.15. The molecule has 1 aliphatic rings. The van der Waals surface area contributed by atoms with Crippen molar-refractivity contribution < 1.29 is 22.8 Å². The van der Waals surface area contributed by atoms with Crippen LogP contribution in [-0.4, -0.2) is 18.5 Å².